The number of carbonyl (C=O) groups is 2. The van der Waals surface area contributed by atoms with Gasteiger partial charge < -0.3 is 25.3 Å². The maximum absolute atomic E-state index is 10.7. The van der Waals surface area contributed by atoms with Crippen LogP contribution in [0.15, 0.2) is 12.5 Å². The quantitative estimate of drug-likeness (QED) is 0.148. The van der Waals surface area contributed by atoms with E-state index in [1.54, 1.807) is 0 Å². The lowest BCUT2D eigenvalue weighted by atomic mass is 9.84. The molecule has 1 amide bonds. The van der Waals surface area contributed by atoms with Crippen LogP contribution in [0.5, 0.6) is 11.5 Å². The first-order chi connectivity index (χ1) is 21.1. The summed E-state index contributed by atoms with van der Waals surface area (Å²) in [4.78, 5) is 27.9. The number of phenolic OH excluding ortho intramolecular Hbond substituents is 1. The minimum absolute atomic E-state index is 0.0712. The number of nitrogens with zero attached hydrogens (tertiary/aromatic N) is 1. The molecule has 0 fully saturated rings. The Balaban J connectivity index is 0.000000420. The first-order valence-electron chi connectivity index (χ1n) is 17.1. The van der Waals surface area contributed by atoms with Gasteiger partial charge in [0.15, 0.2) is 0 Å². The van der Waals surface area contributed by atoms with Crippen LogP contribution in [0.4, 0.5) is 0 Å². The normalized spacial score (nSPS) is 17.8. The average Bonchev–Trinajstić information content (AvgIpc) is 3.47. The van der Waals surface area contributed by atoms with Crippen LogP contribution in [-0.2, 0) is 22.4 Å². The van der Waals surface area contributed by atoms with E-state index in [-0.39, 0.29) is 17.9 Å². The third kappa shape index (κ3) is 12.7. The molecule has 2 aromatic rings. The second kappa shape index (κ2) is 18.2. The van der Waals surface area contributed by atoms with Gasteiger partial charge in [-0.2, -0.15) is 0 Å². The van der Waals surface area contributed by atoms with E-state index in [1.165, 1.54) is 76.4 Å². The Hall–Kier alpha value is -3.03. The van der Waals surface area contributed by atoms with E-state index >= 15 is 0 Å². The van der Waals surface area contributed by atoms with Crippen LogP contribution in [0, 0.1) is 38.5 Å². The van der Waals surface area contributed by atoms with Gasteiger partial charge in [0, 0.05) is 30.8 Å². The van der Waals surface area contributed by atoms with Crippen molar-refractivity contribution in [2.75, 3.05) is 0 Å². The van der Waals surface area contributed by atoms with Crippen LogP contribution in [-0.4, -0.2) is 43.7 Å². The second-order valence-corrected chi connectivity index (χ2v) is 14.3. The summed E-state index contributed by atoms with van der Waals surface area (Å²) in [5, 5.41) is 21.5. The van der Waals surface area contributed by atoms with Crippen molar-refractivity contribution in [3.8, 4) is 11.5 Å². The van der Waals surface area contributed by atoms with Crippen molar-refractivity contribution >= 4 is 11.9 Å². The smallest absolute Gasteiger partial charge is 0.326 e. The predicted molar refractivity (Wildman–Crippen MR) is 182 cm³/mol. The summed E-state index contributed by atoms with van der Waals surface area (Å²) in [5.74, 6) is 2.61. The zero-order valence-corrected chi connectivity index (χ0v) is 29.5. The topological polar surface area (TPSA) is 125 Å². The van der Waals surface area contributed by atoms with Crippen molar-refractivity contribution in [3.63, 3.8) is 0 Å². The van der Waals surface area contributed by atoms with Crippen molar-refractivity contribution in [2.45, 2.75) is 151 Å². The number of nitrogens with one attached hydrogen (secondary N) is 2. The molecule has 254 valence electrons. The highest BCUT2D eigenvalue weighted by atomic mass is 16.5. The first-order valence-corrected chi connectivity index (χ1v) is 17.1. The lowest BCUT2D eigenvalue weighted by Crippen LogP contribution is -2.41. The maximum atomic E-state index is 10.7. The van der Waals surface area contributed by atoms with Gasteiger partial charge in [-0.3, -0.25) is 4.79 Å². The number of imidazole rings is 1. The molecule has 45 heavy (non-hydrogen) atoms. The molecule has 8 heteroatoms. The molecule has 2 heterocycles. The Morgan fingerprint density at radius 1 is 0.978 bits per heavy atom. The predicted octanol–water partition coefficient (Wildman–Crippen LogP) is 8.38. The number of carboxylic acid groups (broad SMARTS) is 1. The van der Waals surface area contributed by atoms with Gasteiger partial charge in [-0.1, -0.05) is 72.6 Å². The van der Waals surface area contributed by atoms with Crippen molar-refractivity contribution < 1.29 is 24.5 Å². The summed E-state index contributed by atoms with van der Waals surface area (Å²) in [7, 11) is 0. The van der Waals surface area contributed by atoms with Gasteiger partial charge in [-0.25, -0.2) is 9.78 Å². The molecule has 0 spiro atoms. The first kappa shape index (κ1) is 38.2. The molecule has 3 unspecified atom stereocenters. The Bertz CT molecular complexity index is 1210. The van der Waals surface area contributed by atoms with Crippen molar-refractivity contribution in [3.05, 3.63) is 40.5 Å². The van der Waals surface area contributed by atoms with Gasteiger partial charge in [-0.05, 0) is 87.8 Å². The van der Waals surface area contributed by atoms with Crippen LogP contribution in [0.25, 0.3) is 0 Å². The molecular formula is C37H61N3O5. The number of aromatic nitrogens is 2. The van der Waals surface area contributed by atoms with E-state index in [2.05, 4.69) is 56.8 Å². The Morgan fingerprint density at radius 3 is 2.11 bits per heavy atom. The summed E-state index contributed by atoms with van der Waals surface area (Å²) >= 11 is 0. The van der Waals surface area contributed by atoms with Crippen molar-refractivity contribution in [1.29, 1.82) is 0 Å². The number of aromatic hydroxyl groups is 1. The third-order valence-electron chi connectivity index (χ3n) is 9.52. The highest BCUT2D eigenvalue weighted by Crippen LogP contribution is 2.44. The number of aromatic amines is 1. The number of hydrogen-bond donors (Lipinski definition) is 4. The lowest BCUT2D eigenvalue weighted by Gasteiger charge is -2.38. The standard InChI is InChI=1S/C29H50O2.C8H11N3O3/c1-20(2)12-9-13-21(3)14-10-15-22(4)16-11-18-29(8)19-17-26-25(7)27(30)23(5)24(6)28(26)31-29;1-5(12)11-7(8(13)14)2-6-3-9-4-10-6/h20-22,30H,9-19H2,1-8H3;3-4,7H,2H2,1H3,(H,9,10)(H,11,12)(H,13,14)/t21?,22?,29-;/m1./s1. The number of benzene rings is 1. The van der Waals surface area contributed by atoms with E-state index in [0.717, 1.165) is 59.5 Å². The van der Waals surface area contributed by atoms with Gasteiger partial charge in [0.25, 0.3) is 0 Å². The minimum Gasteiger partial charge on any atom is -0.507 e. The fourth-order valence-corrected chi connectivity index (χ4v) is 6.33. The summed E-state index contributed by atoms with van der Waals surface area (Å²) in [6.07, 6.45) is 17.2. The Morgan fingerprint density at radius 2 is 1.58 bits per heavy atom. The second-order valence-electron chi connectivity index (χ2n) is 14.3. The fraction of sp³-hybridized carbons (Fsp3) is 0.703. The highest BCUT2D eigenvalue weighted by Gasteiger charge is 2.34. The maximum Gasteiger partial charge on any atom is 0.326 e. The Kier molecular flexibility index (Phi) is 15.4. The molecule has 0 saturated carbocycles. The summed E-state index contributed by atoms with van der Waals surface area (Å²) in [6, 6.07) is -0.909. The zero-order valence-electron chi connectivity index (χ0n) is 29.5. The zero-order chi connectivity index (χ0) is 33.7. The SMILES string of the molecule is CC(=O)NC(Cc1cnc[nH]1)C(=O)O.Cc1c(C)c2c(c(C)c1O)CC[C@@](C)(CCCC(C)CCCC(C)CCCC(C)C)O2. The summed E-state index contributed by atoms with van der Waals surface area (Å²) < 4.78 is 6.60. The Labute approximate surface area is 272 Å². The van der Waals surface area contributed by atoms with Crippen LogP contribution in [0.3, 0.4) is 0 Å². The van der Waals surface area contributed by atoms with Gasteiger partial charge in [0.05, 0.1) is 6.33 Å². The molecule has 3 rings (SSSR count). The van der Waals surface area contributed by atoms with E-state index in [1.807, 2.05) is 13.8 Å². The molecule has 8 nitrogen and oxygen atoms in total. The van der Waals surface area contributed by atoms with Crippen molar-refractivity contribution in [1.82, 2.24) is 15.3 Å². The number of fused-ring (bicyclic) bond motifs is 1. The van der Waals surface area contributed by atoms with E-state index < -0.39 is 12.0 Å². The number of carbonyl (C=O) groups excluding carboxylic acids is 1. The molecule has 1 aromatic carbocycles. The molecule has 4 N–H and O–H groups in total. The van der Waals surface area contributed by atoms with E-state index in [4.69, 9.17) is 9.84 Å². The summed E-state index contributed by atoms with van der Waals surface area (Å²) in [6.45, 7) is 19.2. The molecule has 1 aliphatic heterocycles. The molecule has 0 bridgehead atoms. The highest BCUT2D eigenvalue weighted by molar-refractivity contribution is 5.82. The number of aliphatic carboxylic acids is 1. The number of H-pyrrole nitrogens is 1. The van der Waals surface area contributed by atoms with Crippen LogP contribution < -0.4 is 10.1 Å². The number of phenols is 1. The fourth-order valence-electron chi connectivity index (χ4n) is 6.33. The minimum atomic E-state index is -1.06. The molecule has 0 radical (unpaired) electrons. The van der Waals surface area contributed by atoms with Crippen molar-refractivity contribution in [2.24, 2.45) is 17.8 Å². The lowest BCUT2D eigenvalue weighted by molar-refractivity contribution is -0.141. The molecular weight excluding hydrogens is 566 g/mol. The largest absolute Gasteiger partial charge is 0.507 e. The van der Waals surface area contributed by atoms with Crippen LogP contribution >= 0.6 is 0 Å². The number of amides is 1. The molecule has 4 atom stereocenters. The van der Waals surface area contributed by atoms with Gasteiger partial charge in [0.2, 0.25) is 5.91 Å². The third-order valence-corrected chi connectivity index (χ3v) is 9.52. The summed E-state index contributed by atoms with van der Waals surface area (Å²) in [5.41, 5.74) is 4.90. The number of rotatable bonds is 16. The van der Waals surface area contributed by atoms with Gasteiger partial charge in [-0.15, -0.1) is 0 Å². The van der Waals surface area contributed by atoms with E-state index in [0.29, 0.717) is 11.4 Å². The van der Waals surface area contributed by atoms with Gasteiger partial charge >= 0.3 is 5.97 Å². The number of hydrogen-bond acceptors (Lipinski definition) is 5. The van der Waals surface area contributed by atoms with Crippen LogP contribution in [0.2, 0.25) is 0 Å². The molecule has 0 aliphatic carbocycles. The average molecular weight is 628 g/mol. The number of carboxylic acids is 1. The molecule has 1 aliphatic rings. The molecule has 1 aromatic heterocycles. The van der Waals surface area contributed by atoms with Gasteiger partial charge in [0.1, 0.15) is 23.1 Å². The van der Waals surface area contributed by atoms with Crippen LogP contribution in [0.1, 0.15) is 134 Å². The molecule has 0 saturated heterocycles. The van der Waals surface area contributed by atoms with E-state index in [9.17, 15) is 14.7 Å². The number of ether oxygens (including phenoxy) is 1. The monoisotopic (exact) mass is 627 g/mol.